The Kier molecular flexibility index (Phi) is 7.65. The smallest absolute Gasteiger partial charge is 0.251 e. The molecule has 43 heavy (non-hydrogen) atoms. The summed E-state index contributed by atoms with van der Waals surface area (Å²) in [6, 6.07) is 6.75. The molecule has 3 saturated carbocycles. The van der Waals surface area contributed by atoms with Crippen molar-refractivity contribution in [2.75, 3.05) is 48.9 Å². The predicted molar refractivity (Wildman–Crippen MR) is 167 cm³/mol. The van der Waals surface area contributed by atoms with Crippen LogP contribution >= 0.6 is 0 Å². The maximum absolute atomic E-state index is 13.4. The normalized spacial score (nSPS) is 25.5. The third-order valence-corrected chi connectivity index (χ3v) is 10.6. The number of carbonyl (C=O) groups excluding carboxylic acids is 2. The Morgan fingerprint density at radius 1 is 1.00 bits per heavy atom. The van der Waals surface area contributed by atoms with Gasteiger partial charge in [0.15, 0.2) is 5.82 Å². The van der Waals surface area contributed by atoms with Gasteiger partial charge in [-0.3, -0.25) is 9.59 Å². The third kappa shape index (κ3) is 5.54. The van der Waals surface area contributed by atoms with E-state index in [1.165, 1.54) is 38.8 Å². The molecule has 1 aromatic heterocycles. The Labute approximate surface area is 254 Å². The number of methoxy groups -OCH3 is 1. The van der Waals surface area contributed by atoms with Gasteiger partial charge in [-0.25, -0.2) is 4.98 Å². The summed E-state index contributed by atoms with van der Waals surface area (Å²) in [7, 11) is 3.46. The molecular weight excluding hydrogens is 542 g/mol. The monoisotopic (exact) mass is 587 g/mol. The van der Waals surface area contributed by atoms with Gasteiger partial charge in [-0.2, -0.15) is 4.98 Å². The fourth-order valence-electron chi connectivity index (χ4n) is 7.87. The Balaban J connectivity index is 1.06. The first-order valence-corrected chi connectivity index (χ1v) is 16.4. The molecule has 2 aliphatic heterocycles. The first-order chi connectivity index (χ1) is 20.9. The topological polar surface area (TPSA) is 103 Å². The molecule has 1 aromatic carbocycles. The number of hydrogen-bond acceptors (Lipinski definition) is 8. The van der Waals surface area contributed by atoms with Crippen molar-refractivity contribution in [2.24, 2.45) is 5.41 Å². The zero-order valence-electron chi connectivity index (χ0n) is 25.6. The average Bonchev–Trinajstić information content (AvgIpc) is 3.38. The highest BCUT2D eigenvalue weighted by Crippen LogP contribution is 2.52. The number of anilines is 4. The number of carbonyl (C=O) groups is 2. The molecule has 1 spiro atoms. The number of ether oxygens (including phenoxy) is 1. The quantitative estimate of drug-likeness (QED) is 0.473. The van der Waals surface area contributed by atoms with Crippen molar-refractivity contribution in [3.05, 3.63) is 30.0 Å². The molecule has 0 bridgehead atoms. The first kappa shape index (κ1) is 28.4. The van der Waals surface area contributed by atoms with Crippen molar-refractivity contribution in [3.63, 3.8) is 0 Å². The largest absolute Gasteiger partial charge is 0.495 e. The minimum Gasteiger partial charge on any atom is -0.495 e. The van der Waals surface area contributed by atoms with Crippen molar-refractivity contribution in [1.82, 2.24) is 20.2 Å². The maximum Gasteiger partial charge on any atom is 0.251 e. The van der Waals surface area contributed by atoms with E-state index >= 15 is 0 Å². The van der Waals surface area contributed by atoms with E-state index in [9.17, 15) is 9.59 Å². The van der Waals surface area contributed by atoms with E-state index in [4.69, 9.17) is 9.72 Å². The van der Waals surface area contributed by atoms with E-state index in [1.807, 2.05) is 19.2 Å². The molecule has 5 aliphatic rings. The Bertz CT molecular complexity index is 1360. The van der Waals surface area contributed by atoms with Crippen LogP contribution in [0.2, 0.25) is 0 Å². The van der Waals surface area contributed by atoms with E-state index in [-0.39, 0.29) is 23.3 Å². The summed E-state index contributed by atoms with van der Waals surface area (Å²) in [5.74, 6) is 1.93. The van der Waals surface area contributed by atoms with Crippen LogP contribution in [-0.4, -0.2) is 78.6 Å². The highest BCUT2D eigenvalue weighted by Gasteiger charge is 2.55. The van der Waals surface area contributed by atoms with Crippen LogP contribution in [0, 0.1) is 5.41 Å². The molecule has 2 N–H and O–H groups in total. The van der Waals surface area contributed by atoms with Crippen LogP contribution < -0.4 is 25.2 Å². The zero-order chi connectivity index (χ0) is 29.6. The summed E-state index contributed by atoms with van der Waals surface area (Å²) in [5, 5.41) is 6.59. The molecule has 3 aliphatic carbocycles. The Morgan fingerprint density at radius 3 is 2.44 bits per heavy atom. The summed E-state index contributed by atoms with van der Waals surface area (Å²) in [4.78, 5) is 42.9. The first-order valence-electron chi connectivity index (χ1n) is 16.4. The minimum absolute atomic E-state index is 0.0651. The van der Waals surface area contributed by atoms with Crippen molar-refractivity contribution in [2.45, 2.75) is 95.2 Å². The van der Waals surface area contributed by atoms with Crippen LogP contribution in [0.15, 0.2) is 24.4 Å². The molecule has 4 fully saturated rings. The van der Waals surface area contributed by atoms with Crippen molar-refractivity contribution in [3.8, 4) is 5.75 Å². The van der Waals surface area contributed by atoms with Gasteiger partial charge < -0.3 is 30.1 Å². The SMILES string of the molecule is COc1cc(C(=O)NC2CCC(N3CCCC3)CC2)ccc1Nc1ncc2c(n1)N(C1CCCC1)CC1(CC1)C(=O)N2C. The molecule has 1 saturated heterocycles. The maximum atomic E-state index is 13.4. The molecule has 10 nitrogen and oxygen atoms in total. The molecular formula is C33H45N7O3. The molecule has 7 rings (SSSR count). The van der Waals surface area contributed by atoms with E-state index in [1.54, 1.807) is 24.3 Å². The lowest BCUT2D eigenvalue weighted by Gasteiger charge is -2.34. The summed E-state index contributed by atoms with van der Waals surface area (Å²) in [6.07, 6.45) is 15.3. The summed E-state index contributed by atoms with van der Waals surface area (Å²) in [5.41, 5.74) is 1.74. The van der Waals surface area contributed by atoms with Crippen LogP contribution in [0.3, 0.4) is 0 Å². The summed E-state index contributed by atoms with van der Waals surface area (Å²) >= 11 is 0. The second kappa shape index (κ2) is 11.6. The molecule has 0 unspecified atom stereocenters. The molecule has 2 amide bonds. The number of rotatable bonds is 7. The van der Waals surface area contributed by atoms with Crippen molar-refractivity contribution < 1.29 is 14.3 Å². The van der Waals surface area contributed by atoms with E-state index in [0.717, 1.165) is 69.4 Å². The van der Waals surface area contributed by atoms with Gasteiger partial charge in [0.05, 0.1) is 24.4 Å². The fourth-order valence-corrected chi connectivity index (χ4v) is 7.87. The van der Waals surface area contributed by atoms with Gasteiger partial charge in [0.2, 0.25) is 11.9 Å². The zero-order valence-corrected chi connectivity index (χ0v) is 25.6. The van der Waals surface area contributed by atoms with Gasteiger partial charge in [0, 0.05) is 37.3 Å². The molecule has 0 radical (unpaired) electrons. The summed E-state index contributed by atoms with van der Waals surface area (Å²) < 4.78 is 5.70. The summed E-state index contributed by atoms with van der Waals surface area (Å²) in [6.45, 7) is 3.18. The number of hydrogen-bond donors (Lipinski definition) is 2. The van der Waals surface area contributed by atoms with Crippen LogP contribution in [0.4, 0.5) is 23.1 Å². The van der Waals surface area contributed by atoms with E-state index in [0.29, 0.717) is 35.0 Å². The number of benzene rings is 1. The Hall–Kier alpha value is -3.40. The standard InChI is InChI=1S/C33H45N7O3/c1-38-27-20-34-32(37-29(27)40(25-7-3-4-8-25)21-33(15-16-33)31(38)42)36-26-14-9-22(19-28(26)43-2)30(41)35-23-10-12-24(13-11-23)39-17-5-6-18-39/h9,14,19-20,23-25H,3-8,10-13,15-18,21H2,1-2H3,(H,35,41)(H,34,36,37). The van der Waals surface area contributed by atoms with Gasteiger partial charge in [-0.1, -0.05) is 12.8 Å². The number of aromatic nitrogens is 2. The highest BCUT2D eigenvalue weighted by atomic mass is 16.5. The second-order valence-electron chi connectivity index (χ2n) is 13.4. The molecule has 2 aromatic rings. The van der Waals surface area contributed by atoms with Crippen molar-refractivity contribution in [1.29, 1.82) is 0 Å². The average molecular weight is 588 g/mol. The predicted octanol–water partition coefficient (Wildman–Crippen LogP) is 4.87. The molecule has 10 heteroatoms. The van der Waals surface area contributed by atoms with Gasteiger partial charge in [-0.05, 0) is 95.5 Å². The number of fused-ring (bicyclic) bond motifs is 1. The number of amides is 2. The fraction of sp³-hybridized carbons (Fsp3) is 0.636. The van der Waals surface area contributed by atoms with Crippen molar-refractivity contribution >= 4 is 35.0 Å². The van der Waals surface area contributed by atoms with Crippen LogP contribution in [-0.2, 0) is 4.79 Å². The van der Waals surface area contributed by atoms with Gasteiger partial charge >= 0.3 is 0 Å². The molecule has 230 valence electrons. The van der Waals surface area contributed by atoms with Crippen LogP contribution in [0.1, 0.15) is 87.4 Å². The molecule has 3 heterocycles. The van der Waals surface area contributed by atoms with Gasteiger partial charge in [0.25, 0.3) is 5.91 Å². The van der Waals surface area contributed by atoms with Gasteiger partial charge in [-0.15, -0.1) is 0 Å². The lowest BCUT2D eigenvalue weighted by molar-refractivity contribution is -0.122. The lowest BCUT2D eigenvalue weighted by Crippen LogP contribution is -2.43. The van der Waals surface area contributed by atoms with E-state index < -0.39 is 0 Å². The third-order valence-electron chi connectivity index (χ3n) is 10.6. The van der Waals surface area contributed by atoms with Crippen LogP contribution in [0.25, 0.3) is 0 Å². The second-order valence-corrected chi connectivity index (χ2v) is 13.4. The number of nitrogens with one attached hydrogen (secondary N) is 2. The minimum atomic E-state index is -0.293. The van der Waals surface area contributed by atoms with Gasteiger partial charge in [0.1, 0.15) is 11.4 Å². The Morgan fingerprint density at radius 2 is 1.74 bits per heavy atom. The molecule has 0 atom stereocenters. The number of likely N-dealkylation sites (tertiary alicyclic amines) is 1. The number of nitrogens with zero attached hydrogens (tertiary/aromatic N) is 5. The van der Waals surface area contributed by atoms with Crippen LogP contribution in [0.5, 0.6) is 5.75 Å². The van der Waals surface area contributed by atoms with E-state index in [2.05, 4.69) is 25.4 Å². The highest BCUT2D eigenvalue weighted by molar-refractivity contribution is 6.03. The lowest BCUT2D eigenvalue weighted by atomic mass is 9.90.